The maximum Gasteiger partial charge on any atom is 0.307 e. The zero-order valence-electron chi connectivity index (χ0n) is 16.0. The lowest BCUT2D eigenvalue weighted by Crippen LogP contribution is -2.20. The fourth-order valence-electron chi connectivity index (χ4n) is 3.25. The number of rotatable bonds is 5. The number of nitrogens with two attached hydrogens (primary N) is 1. The highest BCUT2D eigenvalue weighted by Gasteiger charge is 2.22. The van der Waals surface area contributed by atoms with Crippen LogP contribution in [0.3, 0.4) is 0 Å². The van der Waals surface area contributed by atoms with Crippen molar-refractivity contribution < 1.29 is 13.9 Å². The molecule has 0 aliphatic rings. The largest absolute Gasteiger partial charge is 0.466 e. The number of hydrogen-bond acceptors (Lipinski definition) is 3. The van der Waals surface area contributed by atoms with E-state index in [-0.39, 0.29) is 31.3 Å². The van der Waals surface area contributed by atoms with Crippen LogP contribution in [0.1, 0.15) is 47.2 Å². The van der Waals surface area contributed by atoms with E-state index in [1.807, 2.05) is 39.0 Å². The Bertz CT molecular complexity index is 805. The van der Waals surface area contributed by atoms with Crippen molar-refractivity contribution in [1.29, 1.82) is 0 Å². The van der Waals surface area contributed by atoms with Gasteiger partial charge in [0.2, 0.25) is 0 Å². The number of carbonyl (C=O) groups is 1. The number of hydrogen-bond donors (Lipinski definition) is 1. The number of halogens is 2. The minimum absolute atomic E-state index is 0. The van der Waals surface area contributed by atoms with Gasteiger partial charge >= 0.3 is 5.97 Å². The fraction of sp³-hybridized carbons (Fsp3) is 0.381. The van der Waals surface area contributed by atoms with Crippen LogP contribution in [0, 0.1) is 33.5 Å². The summed E-state index contributed by atoms with van der Waals surface area (Å²) in [4.78, 5) is 11.8. The lowest BCUT2D eigenvalue weighted by molar-refractivity contribution is -0.143. The summed E-state index contributed by atoms with van der Waals surface area (Å²) in [5.74, 6) is -0.758. The van der Waals surface area contributed by atoms with E-state index in [9.17, 15) is 9.18 Å². The van der Waals surface area contributed by atoms with Gasteiger partial charge in [-0.05, 0) is 68.5 Å². The van der Waals surface area contributed by atoms with E-state index in [2.05, 4.69) is 6.07 Å². The first-order valence-corrected chi connectivity index (χ1v) is 8.54. The zero-order valence-corrected chi connectivity index (χ0v) is 16.8. The molecule has 0 radical (unpaired) electrons. The molecule has 1 unspecified atom stereocenters. The molecule has 0 aliphatic carbocycles. The molecule has 0 amide bonds. The Morgan fingerprint density at radius 3 is 2.35 bits per heavy atom. The highest BCUT2D eigenvalue weighted by molar-refractivity contribution is 5.85. The molecule has 0 saturated heterocycles. The summed E-state index contributed by atoms with van der Waals surface area (Å²) in [7, 11) is 0. The Labute approximate surface area is 161 Å². The third kappa shape index (κ3) is 4.63. The Balaban J connectivity index is 0.00000338. The van der Waals surface area contributed by atoms with E-state index in [0.717, 1.165) is 22.3 Å². The molecule has 2 aromatic carbocycles. The lowest BCUT2D eigenvalue weighted by Gasteiger charge is -2.20. The summed E-state index contributed by atoms with van der Waals surface area (Å²) in [5, 5.41) is 0. The molecule has 142 valence electrons. The molecule has 2 aromatic rings. The predicted molar refractivity (Wildman–Crippen MR) is 106 cm³/mol. The van der Waals surface area contributed by atoms with Gasteiger partial charge in [-0.3, -0.25) is 4.79 Å². The Kier molecular flexibility index (Phi) is 7.79. The second kappa shape index (κ2) is 9.15. The third-order valence-corrected chi connectivity index (χ3v) is 4.49. The minimum Gasteiger partial charge on any atom is -0.466 e. The molecule has 2 N–H and O–H groups in total. The van der Waals surface area contributed by atoms with Crippen molar-refractivity contribution in [3.05, 3.63) is 57.9 Å². The number of ether oxygens (including phenoxy) is 1. The maximum absolute atomic E-state index is 14.8. The second-order valence-corrected chi connectivity index (χ2v) is 6.53. The van der Waals surface area contributed by atoms with Gasteiger partial charge in [-0.15, -0.1) is 12.4 Å². The van der Waals surface area contributed by atoms with Gasteiger partial charge in [0.25, 0.3) is 0 Å². The monoisotopic (exact) mass is 379 g/mol. The average Bonchev–Trinajstić information content (AvgIpc) is 2.52. The molecule has 0 fully saturated rings. The molecule has 0 aromatic heterocycles. The van der Waals surface area contributed by atoms with Crippen molar-refractivity contribution in [2.24, 2.45) is 5.73 Å². The van der Waals surface area contributed by atoms with Gasteiger partial charge < -0.3 is 10.5 Å². The van der Waals surface area contributed by atoms with E-state index in [4.69, 9.17) is 10.5 Å². The van der Waals surface area contributed by atoms with Crippen LogP contribution in [0.2, 0.25) is 0 Å². The van der Waals surface area contributed by atoms with Crippen molar-refractivity contribution in [2.45, 2.75) is 47.1 Å². The fourth-order valence-corrected chi connectivity index (χ4v) is 3.25. The van der Waals surface area contributed by atoms with Crippen molar-refractivity contribution in [1.82, 2.24) is 0 Å². The normalized spacial score (nSPS) is 11.7. The summed E-state index contributed by atoms with van der Waals surface area (Å²) in [6, 6.07) is 7.31. The topological polar surface area (TPSA) is 52.3 Å². The maximum atomic E-state index is 14.8. The van der Waals surface area contributed by atoms with Crippen LogP contribution in [0.25, 0.3) is 11.1 Å². The van der Waals surface area contributed by atoms with Gasteiger partial charge in [0.05, 0.1) is 13.0 Å². The van der Waals surface area contributed by atoms with Crippen LogP contribution in [-0.4, -0.2) is 12.6 Å². The molecule has 3 nitrogen and oxygen atoms in total. The summed E-state index contributed by atoms with van der Waals surface area (Å²) in [5.41, 5.74) is 12.2. The summed E-state index contributed by atoms with van der Waals surface area (Å²) in [6.45, 7) is 9.69. The second-order valence-electron chi connectivity index (χ2n) is 6.53. The molecule has 1 atom stereocenters. The van der Waals surface area contributed by atoms with Crippen LogP contribution in [0.4, 0.5) is 4.39 Å². The molecule has 0 spiro atoms. The van der Waals surface area contributed by atoms with Gasteiger partial charge in [-0.25, -0.2) is 4.39 Å². The average molecular weight is 380 g/mol. The zero-order chi connectivity index (χ0) is 18.7. The van der Waals surface area contributed by atoms with Crippen LogP contribution < -0.4 is 5.73 Å². The number of benzene rings is 2. The number of carbonyl (C=O) groups excluding carboxylic acids is 1. The van der Waals surface area contributed by atoms with E-state index >= 15 is 0 Å². The quantitative estimate of drug-likeness (QED) is 0.735. The summed E-state index contributed by atoms with van der Waals surface area (Å²) >= 11 is 0. The Morgan fingerprint density at radius 1 is 1.12 bits per heavy atom. The van der Waals surface area contributed by atoms with Crippen molar-refractivity contribution in [2.75, 3.05) is 6.61 Å². The standard InChI is InChI=1S/C21H26FNO2.ClH/c1-6-25-19(24)11-18(23)20-15(5)17(10-14(4)21(20)22)16-8-7-12(2)9-13(16)3;/h7-10,18H,6,11,23H2,1-5H3;1H. The molecule has 0 aliphatic heterocycles. The van der Waals surface area contributed by atoms with Gasteiger partial charge in [-0.2, -0.15) is 0 Å². The van der Waals surface area contributed by atoms with E-state index in [0.29, 0.717) is 11.1 Å². The van der Waals surface area contributed by atoms with Crippen LogP contribution >= 0.6 is 12.4 Å². The van der Waals surface area contributed by atoms with E-state index in [1.54, 1.807) is 13.8 Å². The molecule has 5 heteroatoms. The van der Waals surface area contributed by atoms with Gasteiger partial charge in [-0.1, -0.05) is 23.8 Å². The van der Waals surface area contributed by atoms with Crippen molar-refractivity contribution in [3.8, 4) is 11.1 Å². The smallest absolute Gasteiger partial charge is 0.307 e. The first-order valence-electron chi connectivity index (χ1n) is 8.54. The van der Waals surface area contributed by atoms with Gasteiger partial charge in [0, 0.05) is 11.6 Å². The van der Waals surface area contributed by atoms with Crippen molar-refractivity contribution >= 4 is 18.4 Å². The van der Waals surface area contributed by atoms with Crippen LogP contribution in [0.5, 0.6) is 0 Å². The number of aryl methyl sites for hydroxylation is 3. The first-order chi connectivity index (χ1) is 11.8. The van der Waals surface area contributed by atoms with Crippen molar-refractivity contribution in [3.63, 3.8) is 0 Å². The van der Waals surface area contributed by atoms with Gasteiger partial charge in [0.1, 0.15) is 5.82 Å². The highest BCUT2D eigenvalue weighted by atomic mass is 35.5. The molecule has 0 heterocycles. The molecule has 26 heavy (non-hydrogen) atoms. The molecule has 0 saturated carbocycles. The lowest BCUT2D eigenvalue weighted by atomic mass is 9.87. The summed E-state index contributed by atoms with van der Waals surface area (Å²) < 4.78 is 19.7. The molecule has 0 bridgehead atoms. The summed E-state index contributed by atoms with van der Waals surface area (Å²) in [6.07, 6.45) is -0.0403. The first kappa shape index (κ1) is 22.1. The van der Waals surface area contributed by atoms with Crippen LogP contribution in [-0.2, 0) is 9.53 Å². The van der Waals surface area contributed by atoms with E-state index < -0.39 is 12.0 Å². The van der Waals surface area contributed by atoms with Crippen LogP contribution in [0.15, 0.2) is 24.3 Å². The molecular weight excluding hydrogens is 353 g/mol. The Morgan fingerprint density at radius 2 is 1.77 bits per heavy atom. The SMILES string of the molecule is CCOC(=O)CC(N)c1c(C)c(-c2ccc(C)cc2C)cc(C)c1F.Cl. The number of esters is 1. The minimum atomic E-state index is -0.733. The Hall–Kier alpha value is -1.91. The van der Waals surface area contributed by atoms with Gasteiger partial charge in [0.15, 0.2) is 0 Å². The van der Waals surface area contributed by atoms with E-state index in [1.165, 1.54) is 5.56 Å². The molecule has 2 rings (SSSR count). The predicted octanol–water partition coefficient (Wildman–Crippen LogP) is 5.10. The highest BCUT2D eigenvalue weighted by Crippen LogP contribution is 2.35. The molecular formula is C21H27ClFNO2. The third-order valence-electron chi connectivity index (χ3n) is 4.49.